The molecule has 2 heteroatoms. The van der Waals surface area contributed by atoms with Gasteiger partial charge in [-0.2, -0.15) is 0 Å². The minimum Gasteiger partial charge on any atom is -0.386 e. The van der Waals surface area contributed by atoms with Crippen LogP contribution in [0.1, 0.15) is 31.4 Å². The van der Waals surface area contributed by atoms with Gasteiger partial charge in [0.25, 0.3) is 0 Å². The van der Waals surface area contributed by atoms with E-state index in [1.807, 2.05) is 24.3 Å². The third kappa shape index (κ3) is 2.02. The molecule has 2 nitrogen and oxygen atoms in total. The molecule has 18 heavy (non-hydrogen) atoms. The molecule has 0 radical (unpaired) electrons. The average Bonchev–Trinajstić information content (AvgIpc) is 2.84. The van der Waals surface area contributed by atoms with Gasteiger partial charge in [0.2, 0.25) is 0 Å². The van der Waals surface area contributed by atoms with Crippen LogP contribution >= 0.6 is 0 Å². The molecule has 1 saturated heterocycles. The van der Waals surface area contributed by atoms with Crippen LogP contribution in [0.15, 0.2) is 42.5 Å². The second-order valence-electron chi connectivity index (χ2n) is 5.08. The van der Waals surface area contributed by atoms with E-state index in [1.165, 1.54) is 5.39 Å². The highest BCUT2D eigenvalue weighted by atomic mass is 16.5. The van der Waals surface area contributed by atoms with E-state index in [4.69, 9.17) is 4.74 Å². The van der Waals surface area contributed by atoms with E-state index in [0.717, 1.165) is 23.8 Å². The lowest BCUT2D eigenvalue weighted by Gasteiger charge is -2.20. The summed E-state index contributed by atoms with van der Waals surface area (Å²) in [5, 5.41) is 12.8. The van der Waals surface area contributed by atoms with Crippen LogP contribution in [0, 0.1) is 0 Å². The molecule has 1 aliphatic heterocycles. The largest absolute Gasteiger partial charge is 0.386 e. The summed E-state index contributed by atoms with van der Waals surface area (Å²) in [4.78, 5) is 0. The van der Waals surface area contributed by atoms with E-state index in [0.29, 0.717) is 0 Å². The van der Waals surface area contributed by atoms with E-state index in [-0.39, 0.29) is 12.2 Å². The Kier molecular flexibility index (Phi) is 3.06. The van der Waals surface area contributed by atoms with Gasteiger partial charge >= 0.3 is 0 Å². The van der Waals surface area contributed by atoms with Gasteiger partial charge in [0.15, 0.2) is 0 Å². The Balaban J connectivity index is 1.98. The van der Waals surface area contributed by atoms with Crippen LogP contribution in [-0.2, 0) is 4.74 Å². The zero-order valence-corrected chi connectivity index (χ0v) is 10.5. The zero-order valence-electron chi connectivity index (χ0n) is 10.5. The Labute approximate surface area is 107 Å². The summed E-state index contributed by atoms with van der Waals surface area (Å²) >= 11 is 0. The fourth-order valence-corrected chi connectivity index (χ4v) is 2.77. The lowest BCUT2D eigenvalue weighted by molar-refractivity contribution is -0.0291. The summed E-state index contributed by atoms with van der Waals surface area (Å²) in [5.74, 6) is 0. The van der Waals surface area contributed by atoms with Gasteiger partial charge in [-0.1, -0.05) is 42.5 Å². The number of benzene rings is 2. The monoisotopic (exact) mass is 242 g/mol. The highest BCUT2D eigenvalue weighted by molar-refractivity contribution is 5.86. The Morgan fingerprint density at radius 1 is 1.11 bits per heavy atom. The predicted octanol–water partition coefficient (Wildman–Crippen LogP) is 3.44. The summed E-state index contributed by atoms with van der Waals surface area (Å²) in [6, 6.07) is 14.2. The molecule has 1 heterocycles. The number of rotatable bonds is 2. The van der Waals surface area contributed by atoms with E-state index in [1.54, 1.807) is 0 Å². The van der Waals surface area contributed by atoms with E-state index in [9.17, 15) is 5.11 Å². The first kappa shape index (κ1) is 11.7. The van der Waals surface area contributed by atoms with Crippen molar-refractivity contribution in [3.8, 4) is 0 Å². The average molecular weight is 242 g/mol. The van der Waals surface area contributed by atoms with Gasteiger partial charge < -0.3 is 9.84 Å². The van der Waals surface area contributed by atoms with Crippen LogP contribution in [0.2, 0.25) is 0 Å². The molecule has 2 aromatic carbocycles. The van der Waals surface area contributed by atoms with Crippen LogP contribution in [0.5, 0.6) is 0 Å². The minimum atomic E-state index is -0.527. The van der Waals surface area contributed by atoms with Crippen molar-refractivity contribution in [3.63, 3.8) is 0 Å². The maximum absolute atomic E-state index is 10.5. The molecule has 3 unspecified atom stereocenters. The lowest BCUT2D eigenvalue weighted by atomic mass is 9.96. The molecule has 0 saturated carbocycles. The normalized spacial score (nSPS) is 25.4. The molecule has 3 atom stereocenters. The molecule has 2 aromatic rings. The Morgan fingerprint density at radius 2 is 1.89 bits per heavy atom. The van der Waals surface area contributed by atoms with Crippen molar-refractivity contribution in [2.45, 2.75) is 38.1 Å². The highest BCUT2D eigenvalue weighted by Crippen LogP contribution is 2.33. The molecule has 1 aliphatic rings. The Morgan fingerprint density at radius 3 is 2.67 bits per heavy atom. The zero-order chi connectivity index (χ0) is 12.5. The third-order valence-corrected chi connectivity index (χ3v) is 3.76. The van der Waals surface area contributed by atoms with Crippen LogP contribution < -0.4 is 0 Å². The number of ether oxygens (including phenoxy) is 1. The third-order valence-electron chi connectivity index (χ3n) is 3.76. The summed E-state index contributed by atoms with van der Waals surface area (Å²) in [6.07, 6.45) is 1.64. The van der Waals surface area contributed by atoms with Crippen molar-refractivity contribution in [2.75, 3.05) is 0 Å². The van der Waals surface area contributed by atoms with E-state index < -0.39 is 6.10 Å². The second-order valence-corrected chi connectivity index (χ2v) is 5.08. The van der Waals surface area contributed by atoms with Crippen LogP contribution in [-0.4, -0.2) is 17.3 Å². The summed E-state index contributed by atoms with van der Waals surface area (Å²) in [6.45, 7) is 2.07. The fourth-order valence-electron chi connectivity index (χ4n) is 2.77. The Bertz CT molecular complexity index is 544. The van der Waals surface area contributed by atoms with Crippen LogP contribution in [0.4, 0.5) is 0 Å². The van der Waals surface area contributed by atoms with Gasteiger partial charge in [-0.05, 0) is 36.1 Å². The Hall–Kier alpha value is -1.38. The van der Waals surface area contributed by atoms with Gasteiger partial charge in [0.1, 0.15) is 6.10 Å². The van der Waals surface area contributed by atoms with Crippen molar-refractivity contribution in [1.82, 2.24) is 0 Å². The molecule has 94 valence electrons. The lowest BCUT2D eigenvalue weighted by Crippen LogP contribution is -2.18. The molecule has 0 aliphatic carbocycles. The maximum atomic E-state index is 10.5. The fraction of sp³-hybridized carbons (Fsp3) is 0.375. The topological polar surface area (TPSA) is 29.5 Å². The van der Waals surface area contributed by atoms with Gasteiger partial charge in [-0.3, -0.25) is 0 Å². The molecule has 0 bridgehead atoms. The molecular weight excluding hydrogens is 224 g/mol. The smallest absolute Gasteiger partial charge is 0.106 e. The van der Waals surface area contributed by atoms with E-state index in [2.05, 4.69) is 25.1 Å². The van der Waals surface area contributed by atoms with Crippen molar-refractivity contribution >= 4 is 10.8 Å². The van der Waals surface area contributed by atoms with Gasteiger partial charge in [0.05, 0.1) is 12.2 Å². The van der Waals surface area contributed by atoms with Crippen LogP contribution in [0.3, 0.4) is 0 Å². The maximum Gasteiger partial charge on any atom is 0.106 e. The number of aliphatic hydroxyl groups is 1. The SMILES string of the molecule is CC1CCC(C(O)c2cccc3ccccc23)O1. The van der Waals surface area contributed by atoms with Crippen molar-refractivity contribution < 1.29 is 9.84 Å². The summed E-state index contributed by atoms with van der Waals surface area (Å²) in [7, 11) is 0. The van der Waals surface area contributed by atoms with E-state index >= 15 is 0 Å². The summed E-state index contributed by atoms with van der Waals surface area (Å²) in [5.41, 5.74) is 0.979. The number of hydrogen-bond acceptors (Lipinski definition) is 2. The first-order valence-corrected chi connectivity index (χ1v) is 6.57. The molecule has 0 spiro atoms. The second kappa shape index (κ2) is 4.71. The number of aliphatic hydroxyl groups excluding tert-OH is 1. The summed E-state index contributed by atoms with van der Waals surface area (Å²) < 4.78 is 5.78. The molecule has 0 amide bonds. The van der Waals surface area contributed by atoms with Crippen LogP contribution in [0.25, 0.3) is 10.8 Å². The number of hydrogen-bond donors (Lipinski definition) is 1. The molecule has 0 aromatic heterocycles. The standard InChI is InChI=1S/C16H18O2/c1-11-9-10-15(18-11)16(17)14-8-4-6-12-5-2-3-7-13(12)14/h2-8,11,15-17H,9-10H2,1H3. The quantitative estimate of drug-likeness (QED) is 0.874. The van der Waals surface area contributed by atoms with Crippen molar-refractivity contribution in [3.05, 3.63) is 48.0 Å². The van der Waals surface area contributed by atoms with Crippen molar-refractivity contribution in [1.29, 1.82) is 0 Å². The predicted molar refractivity (Wildman–Crippen MR) is 72.5 cm³/mol. The minimum absolute atomic E-state index is 0.0641. The first-order valence-electron chi connectivity index (χ1n) is 6.57. The molecule has 1 N–H and O–H groups in total. The molecule has 1 fully saturated rings. The number of fused-ring (bicyclic) bond motifs is 1. The molecular formula is C16H18O2. The van der Waals surface area contributed by atoms with Gasteiger partial charge in [0, 0.05) is 0 Å². The van der Waals surface area contributed by atoms with Crippen molar-refractivity contribution in [2.24, 2.45) is 0 Å². The molecule has 3 rings (SSSR count). The van der Waals surface area contributed by atoms with Gasteiger partial charge in [-0.15, -0.1) is 0 Å². The van der Waals surface area contributed by atoms with Gasteiger partial charge in [-0.25, -0.2) is 0 Å². The first-order chi connectivity index (χ1) is 8.75. The highest BCUT2D eigenvalue weighted by Gasteiger charge is 2.29.